The van der Waals surface area contributed by atoms with Crippen LogP contribution in [-0.4, -0.2) is 43.5 Å². The Kier molecular flexibility index (Phi) is 5.52. The highest BCUT2D eigenvalue weighted by Gasteiger charge is 2.29. The van der Waals surface area contributed by atoms with E-state index in [9.17, 15) is 13.2 Å². The second-order valence-corrected chi connectivity index (χ2v) is 6.22. The quantitative estimate of drug-likeness (QED) is 0.826. The number of aliphatic carboxylic acids is 1. The largest absolute Gasteiger partial charge is 0.497 e. The van der Waals surface area contributed by atoms with E-state index in [0.717, 1.165) is 0 Å². The van der Waals surface area contributed by atoms with Gasteiger partial charge in [-0.1, -0.05) is 13.0 Å². The molecule has 0 saturated heterocycles. The molecule has 1 atom stereocenters. The maximum absolute atomic E-state index is 12.5. The van der Waals surface area contributed by atoms with Crippen LogP contribution < -0.4 is 4.74 Å². The highest BCUT2D eigenvalue weighted by molar-refractivity contribution is 7.89. The average molecular weight is 301 g/mol. The Morgan fingerprint density at radius 1 is 1.45 bits per heavy atom. The van der Waals surface area contributed by atoms with E-state index in [4.69, 9.17) is 9.84 Å². The number of hydrogen-bond acceptors (Lipinski definition) is 4. The topological polar surface area (TPSA) is 83.9 Å². The minimum absolute atomic E-state index is 0.0935. The molecule has 0 amide bonds. The minimum Gasteiger partial charge on any atom is -0.497 e. The number of carbonyl (C=O) groups is 1. The summed E-state index contributed by atoms with van der Waals surface area (Å²) in [5, 5.41) is 8.81. The third-order valence-electron chi connectivity index (χ3n) is 2.92. The van der Waals surface area contributed by atoms with Gasteiger partial charge in [-0.15, -0.1) is 0 Å². The van der Waals surface area contributed by atoms with Gasteiger partial charge in [0.1, 0.15) is 5.75 Å². The molecule has 1 rings (SSSR count). The van der Waals surface area contributed by atoms with Gasteiger partial charge >= 0.3 is 5.97 Å². The van der Waals surface area contributed by atoms with Crippen molar-refractivity contribution < 1.29 is 23.1 Å². The lowest BCUT2D eigenvalue weighted by molar-refractivity contribution is -0.137. The van der Waals surface area contributed by atoms with E-state index in [1.807, 2.05) is 0 Å². The Hall–Kier alpha value is -1.60. The smallest absolute Gasteiger partial charge is 0.304 e. The zero-order chi connectivity index (χ0) is 15.3. The Morgan fingerprint density at radius 3 is 2.60 bits per heavy atom. The predicted octanol–water partition coefficient (Wildman–Crippen LogP) is 1.57. The average Bonchev–Trinajstić information content (AvgIpc) is 2.38. The van der Waals surface area contributed by atoms with Crippen molar-refractivity contribution in [3.05, 3.63) is 24.3 Å². The van der Waals surface area contributed by atoms with Gasteiger partial charge in [0.15, 0.2) is 0 Å². The van der Waals surface area contributed by atoms with E-state index in [0.29, 0.717) is 5.75 Å². The molecule has 0 bridgehead atoms. The van der Waals surface area contributed by atoms with Crippen LogP contribution in [-0.2, 0) is 14.8 Å². The molecule has 1 aromatic carbocycles. The highest BCUT2D eigenvalue weighted by atomic mass is 32.2. The van der Waals surface area contributed by atoms with Gasteiger partial charge in [-0.25, -0.2) is 8.42 Å². The number of carboxylic acids is 1. The fourth-order valence-corrected chi connectivity index (χ4v) is 3.64. The van der Waals surface area contributed by atoms with Crippen molar-refractivity contribution in [2.45, 2.75) is 31.2 Å². The van der Waals surface area contributed by atoms with Crippen LogP contribution in [0.3, 0.4) is 0 Å². The predicted molar refractivity (Wildman–Crippen MR) is 74.3 cm³/mol. The van der Waals surface area contributed by atoms with E-state index in [1.165, 1.54) is 23.5 Å². The minimum atomic E-state index is -3.74. The zero-order valence-corrected chi connectivity index (χ0v) is 12.6. The Bertz CT molecular complexity index is 570. The van der Waals surface area contributed by atoms with Crippen LogP contribution in [0.1, 0.15) is 20.3 Å². The lowest BCUT2D eigenvalue weighted by Gasteiger charge is -2.26. The summed E-state index contributed by atoms with van der Waals surface area (Å²) in [7, 11) is -2.28. The number of ether oxygens (including phenoxy) is 1. The summed E-state index contributed by atoms with van der Waals surface area (Å²) in [5.41, 5.74) is 0. The first-order chi connectivity index (χ1) is 9.32. The van der Waals surface area contributed by atoms with Crippen LogP contribution in [0.5, 0.6) is 5.75 Å². The van der Waals surface area contributed by atoms with Crippen LogP contribution in [0.25, 0.3) is 0 Å². The zero-order valence-electron chi connectivity index (χ0n) is 11.7. The van der Waals surface area contributed by atoms with Gasteiger partial charge in [-0.2, -0.15) is 4.31 Å². The van der Waals surface area contributed by atoms with Gasteiger partial charge < -0.3 is 9.84 Å². The van der Waals surface area contributed by atoms with Gasteiger partial charge in [-0.05, 0) is 19.1 Å². The summed E-state index contributed by atoms with van der Waals surface area (Å²) < 4.78 is 31.3. The lowest BCUT2D eigenvalue weighted by Crippen LogP contribution is -2.39. The van der Waals surface area contributed by atoms with Crippen LogP contribution in [0.2, 0.25) is 0 Å². The number of nitrogens with zero attached hydrogens (tertiary/aromatic N) is 1. The lowest BCUT2D eigenvalue weighted by atomic mass is 10.2. The molecule has 0 aliphatic rings. The molecule has 0 spiro atoms. The summed E-state index contributed by atoms with van der Waals surface area (Å²) in [4.78, 5) is 10.8. The molecule has 1 aromatic rings. The van der Waals surface area contributed by atoms with Crippen molar-refractivity contribution in [1.29, 1.82) is 0 Å². The third kappa shape index (κ3) is 3.71. The van der Waals surface area contributed by atoms with Crippen molar-refractivity contribution in [3.63, 3.8) is 0 Å². The van der Waals surface area contributed by atoms with Gasteiger partial charge in [-0.3, -0.25) is 4.79 Å². The summed E-state index contributed by atoms with van der Waals surface area (Å²) in [6.45, 7) is 3.46. The van der Waals surface area contributed by atoms with Crippen LogP contribution in [0.4, 0.5) is 0 Å². The van der Waals surface area contributed by atoms with E-state index in [-0.39, 0.29) is 17.9 Å². The first-order valence-electron chi connectivity index (χ1n) is 6.20. The molecule has 0 aliphatic carbocycles. The van der Waals surface area contributed by atoms with E-state index >= 15 is 0 Å². The second kappa shape index (κ2) is 6.71. The molecule has 112 valence electrons. The molecule has 20 heavy (non-hydrogen) atoms. The Morgan fingerprint density at radius 2 is 2.10 bits per heavy atom. The first kappa shape index (κ1) is 16.5. The normalized spacial score (nSPS) is 13.2. The Labute approximate surface area is 119 Å². The van der Waals surface area contributed by atoms with Crippen LogP contribution >= 0.6 is 0 Å². The molecular weight excluding hydrogens is 282 g/mol. The molecule has 0 aromatic heterocycles. The standard InChI is InChI=1S/C13H19NO5S/c1-4-14(10(2)8-13(15)16)20(17,18)12-7-5-6-11(9-12)19-3/h5-7,9-10H,4,8H2,1-3H3,(H,15,16). The number of hydrogen-bond donors (Lipinski definition) is 1. The molecule has 7 heteroatoms. The maximum Gasteiger partial charge on any atom is 0.304 e. The van der Waals surface area contributed by atoms with Crippen molar-refractivity contribution in [3.8, 4) is 5.75 Å². The van der Waals surface area contributed by atoms with Crippen molar-refractivity contribution >= 4 is 16.0 Å². The number of benzene rings is 1. The number of carboxylic acid groups (broad SMARTS) is 1. The number of methoxy groups -OCH3 is 1. The summed E-state index contributed by atoms with van der Waals surface area (Å²) in [6.07, 6.45) is -0.239. The van der Waals surface area contributed by atoms with E-state index in [2.05, 4.69) is 0 Å². The fourth-order valence-electron chi connectivity index (χ4n) is 1.97. The summed E-state index contributed by atoms with van der Waals surface area (Å²) in [5.74, 6) is -0.593. The van der Waals surface area contributed by atoms with E-state index < -0.39 is 22.0 Å². The third-order valence-corrected chi connectivity index (χ3v) is 5.01. The number of rotatable bonds is 7. The molecule has 1 unspecified atom stereocenters. The molecule has 0 heterocycles. The number of sulfonamides is 1. The van der Waals surface area contributed by atoms with Crippen LogP contribution in [0, 0.1) is 0 Å². The summed E-state index contributed by atoms with van der Waals surface area (Å²) in [6, 6.07) is 5.50. The molecule has 0 radical (unpaired) electrons. The maximum atomic E-state index is 12.5. The molecule has 1 N–H and O–H groups in total. The molecular formula is C13H19NO5S. The van der Waals surface area contributed by atoms with Crippen LogP contribution in [0.15, 0.2) is 29.2 Å². The molecule has 6 nitrogen and oxygen atoms in total. The van der Waals surface area contributed by atoms with Gasteiger partial charge in [0.2, 0.25) is 10.0 Å². The summed E-state index contributed by atoms with van der Waals surface area (Å²) >= 11 is 0. The van der Waals surface area contributed by atoms with Gasteiger partial charge in [0.05, 0.1) is 18.4 Å². The molecule has 0 fully saturated rings. The molecule has 0 aliphatic heterocycles. The van der Waals surface area contributed by atoms with Gasteiger partial charge in [0, 0.05) is 18.7 Å². The highest BCUT2D eigenvalue weighted by Crippen LogP contribution is 2.23. The SMILES string of the molecule is CCN(C(C)CC(=O)O)S(=O)(=O)c1cccc(OC)c1. The van der Waals surface area contributed by atoms with Crippen molar-refractivity contribution in [2.75, 3.05) is 13.7 Å². The van der Waals surface area contributed by atoms with E-state index in [1.54, 1.807) is 26.0 Å². The monoisotopic (exact) mass is 301 g/mol. The molecule has 0 saturated carbocycles. The van der Waals surface area contributed by atoms with Gasteiger partial charge in [0.25, 0.3) is 0 Å². The van der Waals surface area contributed by atoms with Crippen molar-refractivity contribution in [2.24, 2.45) is 0 Å². The van der Waals surface area contributed by atoms with Crippen molar-refractivity contribution in [1.82, 2.24) is 4.31 Å². The Balaban J connectivity index is 3.14. The fraction of sp³-hybridized carbons (Fsp3) is 0.462. The second-order valence-electron chi connectivity index (χ2n) is 4.33. The first-order valence-corrected chi connectivity index (χ1v) is 7.64.